The Morgan fingerprint density at radius 3 is 3.09 bits per heavy atom. The van der Waals surface area contributed by atoms with E-state index < -0.39 is 6.55 Å². The zero-order chi connectivity index (χ0) is 16.6. The summed E-state index contributed by atoms with van der Waals surface area (Å²) in [5.41, 5.74) is 1.90. The van der Waals surface area contributed by atoms with Gasteiger partial charge in [0.15, 0.2) is 0 Å². The minimum Gasteiger partial charge on any atom is -0.338 e. The number of rotatable bonds is 4. The first-order chi connectivity index (χ1) is 11.0. The highest BCUT2D eigenvalue weighted by Gasteiger charge is 2.33. The summed E-state index contributed by atoms with van der Waals surface area (Å²) >= 11 is 0. The zero-order valence-corrected chi connectivity index (χ0v) is 13.0. The normalized spacial score (nSPS) is 20.6. The van der Waals surface area contributed by atoms with E-state index in [4.69, 9.17) is 0 Å². The largest absolute Gasteiger partial charge is 0.338 e. The Morgan fingerprint density at radius 2 is 2.35 bits per heavy atom. The van der Waals surface area contributed by atoms with Gasteiger partial charge < -0.3 is 4.90 Å². The molecule has 3 rings (SSSR count). The second-order valence-electron chi connectivity index (χ2n) is 6.13. The number of aromatic amines is 1. The average Bonchev–Trinajstić information content (AvgIpc) is 3.14. The predicted octanol–water partition coefficient (Wildman–Crippen LogP) is 2.33. The van der Waals surface area contributed by atoms with Crippen LogP contribution in [0.2, 0.25) is 0 Å². The topological polar surface area (TPSA) is 66.8 Å². The van der Waals surface area contributed by atoms with Gasteiger partial charge in [-0.3, -0.25) is 14.5 Å². The minimum atomic E-state index is -2.66. The number of nitrogens with one attached hydrogen (secondary N) is 1. The van der Waals surface area contributed by atoms with Crippen LogP contribution in [-0.2, 0) is 17.8 Å². The first-order valence-electron chi connectivity index (χ1n) is 7.54. The van der Waals surface area contributed by atoms with E-state index in [-0.39, 0.29) is 24.2 Å². The maximum Gasteiger partial charge on any atom is 0.319 e. The van der Waals surface area contributed by atoms with Gasteiger partial charge in [0.1, 0.15) is 5.82 Å². The molecule has 6 nitrogen and oxygen atoms in total. The van der Waals surface area contributed by atoms with Gasteiger partial charge in [0.05, 0.1) is 24.4 Å². The lowest BCUT2D eigenvalue weighted by Crippen LogP contribution is -2.35. The third kappa shape index (κ3) is 2.97. The SMILES string of the molecule is CC1Cc2cn[nH]c2C(C(=O)N(C)Cc2nccn2C(F)F)C1. The fraction of sp³-hybridized carbons (Fsp3) is 0.533. The molecule has 0 aliphatic heterocycles. The van der Waals surface area contributed by atoms with Crippen LogP contribution in [-0.4, -0.2) is 37.6 Å². The van der Waals surface area contributed by atoms with E-state index in [9.17, 15) is 13.6 Å². The standard InChI is InChI=1S/C15H19F2N5O/c1-9-5-10-7-19-20-13(10)11(6-9)14(23)21(2)8-12-18-3-4-22(12)15(16)17/h3-4,7,9,11,15H,5-6,8H2,1-2H3,(H,19,20). The number of fused-ring (bicyclic) bond motifs is 1. The molecule has 1 N–H and O–H groups in total. The Labute approximate surface area is 132 Å². The number of hydrogen-bond donors (Lipinski definition) is 1. The molecule has 23 heavy (non-hydrogen) atoms. The molecular weight excluding hydrogens is 304 g/mol. The zero-order valence-electron chi connectivity index (χ0n) is 13.0. The van der Waals surface area contributed by atoms with Crippen LogP contribution in [0.4, 0.5) is 8.78 Å². The van der Waals surface area contributed by atoms with Crippen molar-refractivity contribution in [2.45, 2.75) is 38.8 Å². The van der Waals surface area contributed by atoms with Gasteiger partial charge in [0, 0.05) is 19.4 Å². The molecule has 124 valence electrons. The van der Waals surface area contributed by atoms with Crippen LogP contribution in [0.15, 0.2) is 18.6 Å². The smallest absolute Gasteiger partial charge is 0.319 e. The van der Waals surface area contributed by atoms with Gasteiger partial charge >= 0.3 is 6.55 Å². The van der Waals surface area contributed by atoms with Gasteiger partial charge in [-0.1, -0.05) is 6.92 Å². The number of hydrogen-bond acceptors (Lipinski definition) is 3. The first kappa shape index (κ1) is 15.6. The Hall–Kier alpha value is -2.25. The maximum atomic E-state index is 12.9. The Bertz CT molecular complexity index is 696. The van der Waals surface area contributed by atoms with Gasteiger partial charge in [-0.25, -0.2) is 4.98 Å². The monoisotopic (exact) mass is 323 g/mol. The van der Waals surface area contributed by atoms with Gasteiger partial charge in [0.25, 0.3) is 0 Å². The molecular formula is C15H19F2N5O. The number of amides is 1. The van der Waals surface area contributed by atoms with Crippen molar-refractivity contribution >= 4 is 5.91 Å². The highest BCUT2D eigenvalue weighted by molar-refractivity contribution is 5.83. The van der Waals surface area contributed by atoms with Crippen LogP contribution < -0.4 is 0 Å². The quantitative estimate of drug-likeness (QED) is 0.939. The van der Waals surface area contributed by atoms with Crippen LogP contribution >= 0.6 is 0 Å². The molecule has 0 fully saturated rings. The Kier molecular flexibility index (Phi) is 4.14. The van der Waals surface area contributed by atoms with Crippen molar-refractivity contribution in [1.29, 1.82) is 0 Å². The number of alkyl halides is 2. The van der Waals surface area contributed by atoms with Crippen LogP contribution in [0.5, 0.6) is 0 Å². The third-order valence-corrected chi connectivity index (χ3v) is 4.32. The second kappa shape index (κ2) is 6.10. The number of carbonyl (C=O) groups is 1. The van der Waals surface area contributed by atoms with E-state index in [1.165, 1.54) is 17.3 Å². The number of aromatic nitrogens is 4. The molecule has 0 radical (unpaired) electrons. The van der Waals surface area contributed by atoms with Crippen LogP contribution in [0.25, 0.3) is 0 Å². The molecule has 1 aliphatic rings. The summed E-state index contributed by atoms with van der Waals surface area (Å²) in [4.78, 5) is 18.1. The molecule has 0 spiro atoms. The van der Waals surface area contributed by atoms with E-state index in [2.05, 4.69) is 22.1 Å². The van der Waals surface area contributed by atoms with Crippen molar-refractivity contribution in [1.82, 2.24) is 24.6 Å². The highest BCUT2D eigenvalue weighted by atomic mass is 19.3. The van der Waals surface area contributed by atoms with E-state index in [0.29, 0.717) is 5.92 Å². The van der Waals surface area contributed by atoms with Gasteiger partial charge in [0.2, 0.25) is 5.91 Å². The number of carbonyl (C=O) groups excluding carboxylic acids is 1. The third-order valence-electron chi connectivity index (χ3n) is 4.32. The molecule has 2 unspecified atom stereocenters. The molecule has 2 aromatic heterocycles. The van der Waals surface area contributed by atoms with Gasteiger partial charge in [-0.15, -0.1) is 0 Å². The van der Waals surface area contributed by atoms with Crippen LogP contribution in [0.3, 0.4) is 0 Å². The van der Waals surface area contributed by atoms with E-state index in [1.807, 2.05) is 0 Å². The summed E-state index contributed by atoms with van der Waals surface area (Å²) in [6.45, 7) is -0.519. The van der Waals surface area contributed by atoms with Crippen LogP contribution in [0, 0.1) is 5.92 Å². The van der Waals surface area contributed by atoms with Crippen molar-refractivity contribution in [3.63, 3.8) is 0 Å². The van der Waals surface area contributed by atoms with E-state index in [1.54, 1.807) is 13.2 Å². The molecule has 0 saturated carbocycles. The Balaban J connectivity index is 1.77. The lowest BCUT2D eigenvalue weighted by molar-refractivity contribution is -0.133. The number of imidazole rings is 1. The summed E-state index contributed by atoms with van der Waals surface area (Å²) in [6.07, 6.45) is 5.91. The average molecular weight is 323 g/mol. The maximum absolute atomic E-state index is 12.9. The van der Waals surface area contributed by atoms with Gasteiger partial charge in [-0.05, 0) is 24.3 Å². The van der Waals surface area contributed by atoms with Crippen LogP contribution in [0.1, 0.15) is 42.9 Å². The number of likely N-dealkylation sites (N-methyl/N-ethyl adjacent to an activating group) is 1. The molecule has 0 bridgehead atoms. The number of nitrogens with zero attached hydrogens (tertiary/aromatic N) is 4. The van der Waals surface area contributed by atoms with E-state index in [0.717, 1.165) is 28.7 Å². The number of halogens is 2. The predicted molar refractivity (Wildman–Crippen MR) is 78.8 cm³/mol. The van der Waals surface area contributed by atoms with Crippen molar-refractivity contribution < 1.29 is 13.6 Å². The van der Waals surface area contributed by atoms with Crippen molar-refractivity contribution in [2.24, 2.45) is 5.92 Å². The molecule has 0 aromatic carbocycles. The Morgan fingerprint density at radius 1 is 1.57 bits per heavy atom. The molecule has 2 heterocycles. The van der Waals surface area contributed by atoms with E-state index >= 15 is 0 Å². The summed E-state index contributed by atoms with van der Waals surface area (Å²) in [5, 5.41) is 6.95. The minimum absolute atomic E-state index is 0.0462. The molecule has 0 saturated heterocycles. The van der Waals surface area contributed by atoms with Crippen molar-refractivity contribution in [3.05, 3.63) is 35.7 Å². The highest BCUT2D eigenvalue weighted by Crippen LogP contribution is 2.34. The van der Waals surface area contributed by atoms with Gasteiger partial charge in [-0.2, -0.15) is 13.9 Å². The molecule has 1 aliphatic carbocycles. The summed E-state index contributed by atoms with van der Waals surface area (Å²) in [6, 6.07) is 0. The molecule has 2 atom stereocenters. The second-order valence-corrected chi connectivity index (χ2v) is 6.13. The summed E-state index contributed by atoms with van der Waals surface area (Å²) in [5.74, 6) is 0.136. The lowest BCUT2D eigenvalue weighted by atomic mass is 9.81. The fourth-order valence-corrected chi connectivity index (χ4v) is 3.19. The number of H-pyrrole nitrogens is 1. The summed E-state index contributed by atoms with van der Waals surface area (Å²) in [7, 11) is 1.61. The van der Waals surface area contributed by atoms with Crippen molar-refractivity contribution in [3.8, 4) is 0 Å². The summed E-state index contributed by atoms with van der Waals surface area (Å²) < 4.78 is 26.5. The van der Waals surface area contributed by atoms with Crippen molar-refractivity contribution in [2.75, 3.05) is 7.05 Å². The molecule has 8 heteroatoms. The first-order valence-corrected chi connectivity index (χ1v) is 7.54. The lowest BCUT2D eigenvalue weighted by Gasteiger charge is -2.29. The fourth-order valence-electron chi connectivity index (χ4n) is 3.19. The molecule has 1 amide bonds. The molecule has 2 aromatic rings.